The van der Waals surface area contributed by atoms with E-state index in [0.29, 0.717) is 12.2 Å². The zero-order valence-corrected chi connectivity index (χ0v) is 13.8. The van der Waals surface area contributed by atoms with Crippen molar-refractivity contribution in [1.82, 2.24) is 20.1 Å². The molecule has 0 aliphatic carbocycles. The molecule has 0 saturated carbocycles. The molecule has 1 aromatic carbocycles. The van der Waals surface area contributed by atoms with Gasteiger partial charge in [-0.15, -0.1) is 0 Å². The highest BCUT2D eigenvalue weighted by atomic mass is 16.2. The van der Waals surface area contributed by atoms with Crippen LogP contribution in [0.5, 0.6) is 0 Å². The predicted octanol–water partition coefficient (Wildman–Crippen LogP) is 2.18. The van der Waals surface area contributed by atoms with Crippen molar-refractivity contribution in [3.05, 3.63) is 82.9 Å². The fourth-order valence-corrected chi connectivity index (χ4v) is 2.42. The predicted molar refractivity (Wildman–Crippen MR) is 94.7 cm³/mol. The summed E-state index contributed by atoms with van der Waals surface area (Å²) >= 11 is 0. The van der Waals surface area contributed by atoms with Crippen LogP contribution in [-0.2, 0) is 11.3 Å². The standard InChI is InChI=1S/C19H18N4O2/c1-14(19(25)21-13-15-5-3-2-4-6-15)23-18(24)8-7-17(22-23)16-9-11-20-12-10-16/h2-12,14H,13H2,1H3,(H,21,25). The molecular weight excluding hydrogens is 316 g/mol. The SMILES string of the molecule is CC(C(=O)NCc1ccccc1)n1nc(-c2ccncc2)ccc1=O. The molecule has 0 radical (unpaired) electrons. The first-order valence-electron chi connectivity index (χ1n) is 7.97. The summed E-state index contributed by atoms with van der Waals surface area (Å²) in [6.45, 7) is 2.06. The minimum absolute atomic E-state index is 0.259. The average molecular weight is 334 g/mol. The first-order valence-corrected chi connectivity index (χ1v) is 7.97. The van der Waals surface area contributed by atoms with Gasteiger partial charge in [-0.2, -0.15) is 5.10 Å². The molecule has 1 atom stereocenters. The van der Waals surface area contributed by atoms with E-state index in [4.69, 9.17) is 0 Å². The second-order valence-corrected chi connectivity index (χ2v) is 5.62. The minimum Gasteiger partial charge on any atom is -0.350 e. The molecule has 0 aliphatic heterocycles. The van der Waals surface area contributed by atoms with E-state index in [1.165, 1.54) is 10.7 Å². The third kappa shape index (κ3) is 3.98. The molecule has 25 heavy (non-hydrogen) atoms. The summed E-state index contributed by atoms with van der Waals surface area (Å²) in [5, 5.41) is 7.17. The van der Waals surface area contributed by atoms with Crippen molar-refractivity contribution < 1.29 is 4.79 Å². The third-order valence-corrected chi connectivity index (χ3v) is 3.86. The average Bonchev–Trinajstić information content (AvgIpc) is 2.67. The summed E-state index contributed by atoms with van der Waals surface area (Å²) in [5.74, 6) is -0.259. The maximum atomic E-state index is 12.4. The van der Waals surface area contributed by atoms with Crippen molar-refractivity contribution in [2.75, 3.05) is 0 Å². The molecule has 1 amide bonds. The molecule has 2 aromatic heterocycles. The second-order valence-electron chi connectivity index (χ2n) is 5.62. The van der Waals surface area contributed by atoms with E-state index in [-0.39, 0.29) is 11.5 Å². The Morgan fingerprint density at radius 2 is 1.80 bits per heavy atom. The summed E-state index contributed by atoms with van der Waals surface area (Å²) in [4.78, 5) is 28.5. The zero-order chi connectivity index (χ0) is 17.6. The highest BCUT2D eigenvalue weighted by Gasteiger charge is 2.17. The smallest absolute Gasteiger partial charge is 0.267 e. The van der Waals surface area contributed by atoms with Gasteiger partial charge in [-0.3, -0.25) is 14.6 Å². The summed E-state index contributed by atoms with van der Waals surface area (Å²) in [6.07, 6.45) is 3.31. The van der Waals surface area contributed by atoms with Gasteiger partial charge in [-0.05, 0) is 30.7 Å². The van der Waals surface area contributed by atoms with Gasteiger partial charge in [0.2, 0.25) is 5.91 Å². The Hall–Kier alpha value is -3.28. The Labute approximate surface area is 145 Å². The number of nitrogens with one attached hydrogen (secondary N) is 1. The van der Waals surface area contributed by atoms with Crippen LogP contribution in [0.1, 0.15) is 18.5 Å². The number of amides is 1. The van der Waals surface area contributed by atoms with Crippen LogP contribution in [0.15, 0.2) is 71.8 Å². The van der Waals surface area contributed by atoms with E-state index in [1.807, 2.05) is 30.3 Å². The lowest BCUT2D eigenvalue weighted by atomic mass is 10.2. The Morgan fingerprint density at radius 3 is 2.52 bits per heavy atom. The van der Waals surface area contributed by atoms with Crippen molar-refractivity contribution in [3.63, 3.8) is 0 Å². The van der Waals surface area contributed by atoms with Crippen molar-refractivity contribution >= 4 is 5.91 Å². The van der Waals surface area contributed by atoms with Crippen LogP contribution in [0.4, 0.5) is 0 Å². The Morgan fingerprint density at radius 1 is 1.08 bits per heavy atom. The summed E-state index contributed by atoms with van der Waals surface area (Å²) in [5.41, 5.74) is 2.12. The molecule has 0 fully saturated rings. The van der Waals surface area contributed by atoms with Crippen molar-refractivity contribution in [2.24, 2.45) is 0 Å². The van der Waals surface area contributed by atoms with Gasteiger partial charge in [0.15, 0.2) is 0 Å². The molecule has 6 heteroatoms. The first kappa shape index (κ1) is 16.6. The van der Waals surface area contributed by atoms with Gasteiger partial charge in [0.25, 0.3) is 5.56 Å². The van der Waals surface area contributed by atoms with Crippen LogP contribution in [0, 0.1) is 0 Å². The van der Waals surface area contributed by atoms with Crippen LogP contribution < -0.4 is 10.9 Å². The number of benzene rings is 1. The zero-order valence-electron chi connectivity index (χ0n) is 13.8. The van der Waals surface area contributed by atoms with Crippen LogP contribution >= 0.6 is 0 Å². The second kappa shape index (κ2) is 7.53. The summed E-state index contributed by atoms with van der Waals surface area (Å²) in [6, 6.07) is 15.6. The summed E-state index contributed by atoms with van der Waals surface area (Å²) < 4.78 is 1.20. The van der Waals surface area contributed by atoms with Gasteiger partial charge in [-0.1, -0.05) is 30.3 Å². The van der Waals surface area contributed by atoms with E-state index in [1.54, 1.807) is 37.5 Å². The lowest BCUT2D eigenvalue weighted by Crippen LogP contribution is -2.36. The molecule has 0 saturated heterocycles. The number of carbonyl (C=O) groups excluding carboxylic acids is 1. The van der Waals surface area contributed by atoms with Crippen LogP contribution in [0.25, 0.3) is 11.3 Å². The van der Waals surface area contributed by atoms with Crippen molar-refractivity contribution in [2.45, 2.75) is 19.5 Å². The maximum Gasteiger partial charge on any atom is 0.267 e. The Kier molecular flexibility index (Phi) is 4.99. The molecule has 1 N–H and O–H groups in total. The van der Waals surface area contributed by atoms with Crippen molar-refractivity contribution in [3.8, 4) is 11.3 Å². The molecule has 0 bridgehead atoms. The van der Waals surface area contributed by atoms with E-state index in [2.05, 4.69) is 15.4 Å². The first-order chi connectivity index (χ1) is 12.1. The number of rotatable bonds is 5. The molecule has 126 valence electrons. The fraction of sp³-hybridized carbons (Fsp3) is 0.158. The minimum atomic E-state index is -0.710. The lowest BCUT2D eigenvalue weighted by Gasteiger charge is -2.15. The molecule has 3 rings (SSSR count). The highest BCUT2D eigenvalue weighted by molar-refractivity contribution is 5.79. The van der Waals surface area contributed by atoms with Gasteiger partial charge in [0.05, 0.1) is 5.69 Å². The van der Waals surface area contributed by atoms with Gasteiger partial charge in [-0.25, -0.2) is 4.68 Å². The number of pyridine rings is 1. The molecule has 0 spiro atoms. The van der Waals surface area contributed by atoms with Gasteiger partial charge >= 0.3 is 0 Å². The molecular formula is C19H18N4O2. The molecule has 6 nitrogen and oxygen atoms in total. The van der Waals surface area contributed by atoms with Gasteiger partial charge in [0, 0.05) is 30.6 Å². The number of carbonyl (C=O) groups is 1. The third-order valence-electron chi connectivity index (χ3n) is 3.86. The van der Waals surface area contributed by atoms with Crippen LogP contribution in [0.2, 0.25) is 0 Å². The van der Waals surface area contributed by atoms with Crippen LogP contribution in [-0.4, -0.2) is 20.7 Å². The lowest BCUT2D eigenvalue weighted by molar-refractivity contribution is -0.124. The van der Waals surface area contributed by atoms with Crippen LogP contribution in [0.3, 0.4) is 0 Å². The summed E-state index contributed by atoms with van der Waals surface area (Å²) in [7, 11) is 0. The number of hydrogen-bond acceptors (Lipinski definition) is 4. The molecule has 0 aliphatic rings. The Balaban J connectivity index is 1.78. The molecule has 2 heterocycles. The Bertz CT molecular complexity index is 907. The largest absolute Gasteiger partial charge is 0.350 e. The van der Waals surface area contributed by atoms with E-state index < -0.39 is 6.04 Å². The highest BCUT2D eigenvalue weighted by Crippen LogP contribution is 2.14. The normalized spacial score (nSPS) is 11.7. The fourth-order valence-electron chi connectivity index (χ4n) is 2.42. The molecule has 1 unspecified atom stereocenters. The van der Waals surface area contributed by atoms with Crippen molar-refractivity contribution in [1.29, 1.82) is 0 Å². The van der Waals surface area contributed by atoms with Gasteiger partial charge in [0.1, 0.15) is 6.04 Å². The number of aromatic nitrogens is 3. The monoisotopic (exact) mass is 334 g/mol. The van der Waals surface area contributed by atoms with E-state index >= 15 is 0 Å². The van der Waals surface area contributed by atoms with Gasteiger partial charge < -0.3 is 5.32 Å². The topological polar surface area (TPSA) is 76.9 Å². The number of nitrogens with zero attached hydrogens (tertiary/aromatic N) is 3. The van der Waals surface area contributed by atoms with E-state index in [9.17, 15) is 9.59 Å². The molecule has 3 aromatic rings. The maximum absolute atomic E-state index is 12.4. The quantitative estimate of drug-likeness (QED) is 0.776. The number of hydrogen-bond donors (Lipinski definition) is 1. The van der Waals surface area contributed by atoms with E-state index in [0.717, 1.165) is 11.1 Å².